The average Bonchev–Trinajstić information content (AvgIpc) is 3.51. The monoisotopic (exact) mass is 519 g/mol. The number of para-hydroxylation sites is 1. The number of hydrogen-bond donors (Lipinski definition) is 1. The summed E-state index contributed by atoms with van der Waals surface area (Å²) in [5.74, 6) is 0.968. The van der Waals surface area contributed by atoms with Crippen LogP contribution in [0, 0.1) is 12.7 Å². The Labute approximate surface area is 227 Å². The van der Waals surface area contributed by atoms with Crippen molar-refractivity contribution in [1.29, 1.82) is 0 Å². The van der Waals surface area contributed by atoms with Crippen molar-refractivity contribution >= 4 is 11.7 Å². The predicted octanol–water partition coefficient (Wildman–Crippen LogP) is 7.37. The van der Waals surface area contributed by atoms with E-state index in [-0.39, 0.29) is 17.9 Å². The lowest BCUT2D eigenvalue weighted by Crippen LogP contribution is -2.38. The number of fused-ring (bicyclic) bond motifs is 3. The minimum atomic E-state index is -0.363. The second-order valence-corrected chi connectivity index (χ2v) is 10.2. The number of carbonyl (C=O) groups is 1. The topological polar surface area (TPSA) is 55.1 Å². The normalized spacial score (nSPS) is 14.6. The Morgan fingerprint density at radius 3 is 2.36 bits per heavy atom. The van der Waals surface area contributed by atoms with Crippen molar-refractivity contribution < 1.29 is 9.18 Å². The highest BCUT2D eigenvalue weighted by molar-refractivity contribution is 5.90. The van der Waals surface area contributed by atoms with Gasteiger partial charge in [-0.15, -0.1) is 0 Å². The zero-order valence-corrected chi connectivity index (χ0v) is 22.2. The molecule has 7 heteroatoms. The molecule has 3 aromatic carbocycles. The Balaban J connectivity index is 1.52. The fourth-order valence-corrected chi connectivity index (χ4v) is 5.29. The van der Waals surface area contributed by atoms with Crippen molar-refractivity contribution in [2.45, 2.75) is 39.3 Å². The second kappa shape index (κ2) is 9.91. The number of hydrogen-bond acceptors (Lipinski definition) is 2. The van der Waals surface area contributed by atoms with Gasteiger partial charge >= 0.3 is 6.03 Å². The first-order chi connectivity index (χ1) is 18.9. The largest absolute Gasteiger partial charge is 0.322 e. The SMILES string of the molecule is Cc1nn(-c2ccccc2)c2c1CN(C(=O)Nc1ccc(F)cc1)C(c1ccc(C(C)C)cc1)c1cccn1-2. The molecule has 0 saturated carbocycles. The van der Waals surface area contributed by atoms with E-state index in [4.69, 9.17) is 5.10 Å². The fourth-order valence-electron chi connectivity index (χ4n) is 5.29. The molecule has 39 heavy (non-hydrogen) atoms. The lowest BCUT2D eigenvalue weighted by Gasteiger charge is -2.31. The van der Waals surface area contributed by atoms with Gasteiger partial charge in [0.2, 0.25) is 0 Å². The van der Waals surface area contributed by atoms with E-state index in [1.54, 1.807) is 12.1 Å². The maximum Gasteiger partial charge on any atom is 0.322 e. The molecule has 1 atom stereocenters. The quantitative estimate of drug-likeness (QED) is 0.270. The lowest BCUT2D eigenvalue weighted by molar-refractivity contribution is 0.194. The number of benzene rings is 3. The van der Waals surface area contributed by atoms with Gasteiger partial charge in [-0.2, -0.15) is 5.10 Å². The van der Waals surface area contributed by atoms with E-state index in [1.165, 1.54) is 17.7 Å². The van der Waals surface area contributed by atoms with E-state index in [2.05, 4.69) is 54.1 Å². The summed E-state index contributed by atoms with van der Waals surface area (Å²) in [6.45, 7) is 6.67. The molecule has 0 spiro atoms. The molecular weight excluding hydrogens is 489 g/mol. The van der Waals surface area contributed by atoms with Gasteiger partial charge in [-0.25, -0.2) is 13.9 Å². The van der Waals surface area contributed by atoms with Crippen molar-refractivity contribution in [3.8, 4) is 11.5 Å². The molecule has 5 aromatic rings. The Morgan fingerprint density at radius 2 is 1.67 bits per heavy atom. The van der Waals surface area contributed by atoms with Crippen molar-refractivity contribution in [1.82, 2.24) is 19.2 Å². The van der Waals surface area contributed by atoms with Gasteiger partial charge in [-0.05, 0) is 72.5 Å². The predicted molar refractivity (Wildman–Crippen MR) is 151 cm³/mol. The van der Waals surface area contributed by atoms with Crippen molar-refractivity contribution in [3.05, 3.63) is 131 Å². The number of halogens is 1. The van der Waals surface area contributed by atoms with E-state index in [0.29, 0.717) is 18.2 Å². The van der Waals surface area contributed by atoms with Crippen LogP contribution in [0.5, 0.6) is 0 Å². The van der Waals surface area contributed by atoms with E-state index in [0.717, 1.165) is 34.0 Å². The Morgan fingerprint density at radius 1 is 0.949 bits per heavy atom. The number of anilines is 1. The number of aromatic nitrogens is 3. The summed E-state index contributed by atoms with van der Waals surface area (Å²) in [4.78, 5) is 15.8. The summed E-state index contributed by atoms with van der Waals surface area (Å²) in [6.07, 6.45) is 2.03. The van der Waals surface area contributed by atoms with Gasteiger partial charge in [-0.3, -0.25) is 0 Å². The molecule has 6 nitrogen and oxygen atoms in total. The van der Waals surface area contributed by atoms with E-state index in [9.17, 15) is 9.18 Å². The van der Waals surface area contributed by atoms with Crippen molar-refractivity contribution in [2.24, 2.45) is 0 Å². The summed E-state index contributed by atoms with van der Waals surface area (Å²) < 4.78 is 17.7. The van der Waals surface area contributed by atoms with E-state index in [1.807, 2.05) is 59.1 Å². The lowest BCUT2D eigenvalue weighted by atomic mass is 9.97. The first-order valence-corrected chi connectivity index (χ1v) is 13.2. The van der Waals surface area contributed by atoms with E-state index < -0.39 is 0 Å². The van der Waals surface area contributed by atoms with Gasteiger partial charge in [0, 0.05) is 17.4 Å². The Hall–Kier alpha value is -4.65. The molecule has 2 amide bonds. The minimum Gasteiger partial charge on any atom is -0.308 e. The number of aryl methyl sites for hydroxylation is 1. The van der Waals surface area contributed by atoms with Gasteiger partial charge in [-0.1, -0.05) is 56.3 Å². The Bertz CT molecular complexity index is 1620. The molecule has 1 unspecified atom stereocenters. The third-order valence-electron chi connectivity index (χ3n) is 7.36. The first-order valence-electron chi connectivity index (χ1n) is 13.2. The molecule has 1 aliphatic heterocycles. The van der Waals surface area contributed by atoms with Crippen LogP contribution in [-0.2, 0) is 6.54 Å². The smallest absolute Gasteiger partial charge is 0.308 e. The molecule has 0 saturated heterocycles. The number of rotatable bonds is 4. The molecular formula is C32H30FN5O. The molecule has 196 valence electrons. The van der Waals surface area contributed by atoms with Crippen LogP contribution in [0.3, 0.4) is 0 Å². The van der Waals surface area contributed by atoms with E-state index >= 15 is 0 Å². The first kappa shape index (κ1) is 24.7. The van der Waals surface area contributed by atoms with Crippen LogP contribution < -0.4 is 5.32 Å². The van der Waals surface area contributed by atoms with Crippen LogP contribution in [0.15, 0.2) is 97.2 Å². The number of carbonyl (C=O) groups excluding carboxylic acids is 1. The highest BCUT2D eigenvalue weighted by Gasteiger charge is 2.36. The van der Waals surface area contributed by atoms with Crippen LogP contribution >= 0.6 is 0 Å². The molecule has 0 fully saturated rings. The van der Waals surface area contributed by atoms with Crippen LogP contribution in [0.25, 0.3) is 11.5 Å². The maximum atomic E-state index is 14.0. The molecule has 0 bridgehead atoms. The summed E-state index contributed by atoms with van der Waals surface area (Å²) in [5, 5.41) is 7.89. The zero-order valence-electron chi connectivity index (χ0n) is 22.2. The van der Waals surface area contributed by atoms with Crippen molar-refractivity contribution in [3.63, 3.8) is 0 Å². The minimum absolute atomic E-state index is 0.271. The molecule has 0 radical (unpaired) electrons. The fraction of sp³-hybridized carbons (Fsp3) is 0.188. The summed E-state index contributed by atoms with van der Waals surface area (Å²) in [5.41, 5.74) is 6.50. The standard InChI is InChI=1S/C32H30FN5O/c1-21(2)23-11-13-24(14-12-23)30-29-10-7-19-36(29)31-28(22(3)35-38(31)27-8-5-4-6-9-27)20-37(30)32(39)34-26-17-15-25(33)16-18-26/h4-19,21,30H,20H2,1-3H3,(H,34,39). The molecule has 1 N–H and O–H groups in total. The van der Waals surface area contributed by atoms with Gasteiger partial charge in [0.1, 0.15) is 11.6 Å². The van der Waals surface area contributed by atoms with Crippen LogP contribution in [0.2, 0.25) is 0 Å². The summed E-state index contributed by atoms with van der Waals surface area (Å²) in [7, 11) is 0. The van der Waals surface area contributed by atoms with Crippen LogP contribution in [0.4, 0.5) is 14.9 Å². The van der Waals surface area contributed by atoms with Gasteiger partial charge in [0.25, 0.3) is 0 Å². The third kappa shape index (κ3) is 4.50. The average molecular weight is 520 g/mol. The van der Waals surface area contributed by atoms with Crippen LogP contribution in [0.1, 0.15) is 53.9 Å². The molecule has 0 aliphatic carbocycles. The Kier molecular flexibility index (Phi) is 6.27. The molecule has 3 heterocycles. The maximum absolute atomic E-state index is 14.0. The summed E-state index contributed by atoms with van der Waals surface area (Å²) in [6, 6.07) is 27.8. The highest BCUT2D eigenvalue weighted by atomic mass is 19.1. The third-order valence-corrected chi connectivity index (χ3v) is 7.36. The number of nitrogens with zero attached hydrogens (tertiary/aromatic N) is 4. The number of nitrogens with one attached hydrogen (secondary N) is 1. The molecule has 2 aromatic heterocycles. The van der Waals surface area contributed by atoms with Crippen molar-refractivity contribution in [2.75, 3.05) is 5.32 Å². The molecule has 1 aliphatic rings. The zero-order chi connectivity index (χ0) is 27.1. The van der Waals surface area contributed by atoms with Gasteiger partial charge in [0.05, 0.1) is 29.7 Å². The highest BCUT2D eigenvalue weighted by Crippen LogP contribution is 2.39. The van der Waals surface area contributed by atoms with Crippen LogP contribution in [-0.4, -0.2) is 25.3 Å². The summed E-state index contributed by atoms with van der Waals surface area (Å²) >= 11 is 0. The second-order valence-electron chi connectivity index (χ2n) is 10.2. The number of amides is 2. The molecule has 6 rings (SSSR count). The van der Waals surface area contributed by atoms with Gasteiger partial charge < -0.3 is 14.8 Å². The van der Waals surface area contributed by atoms with Gasteiger partial charge in [0.15, 0.2) is 0 Å². The number of urea groups is 1.